The predicted octanol–water partition coefficient (Wildman–Crippen LogP) is 4.15. The van der Waals surface area contributed by atoms with Gasteiger partial charge in [0.05, 0.1) is 23.9 Å². The number of aryl methyl sites for hydroxylation is 2. The van der Waals surface area contributed by atoms with Gasteiger partial charge in [0, 0.05) is 17.3 Å². The van der Waals surface area contributed by atoms with Crippen LogP contribution in [-0.2, 0) is 0 Å². The fourth-order valence-corrected chi connectivity index (χ4v) is 3.92. The van der Waals surface area contributed by atoms with E-state index in [0.29, 0.717) is 11.6 Å². The minimum Gasteiger partial charge on any atom is -0.481 e. The van der Waals surface area contributed by atoms with Gasteiger partial charge in [-0.3, -0.25) is 4.79 Å². The van der Waals surface area contributed by atoms with Gasteiger partial charge < -0.3 is 9.64 Å². The minimum atomic E-state index is -0.137. The van der Waals surface area contributed by atoms with Crippen LogP contribution >= 0.6 is 11.3 Å². The number of methoxy groups -OCH3 is 1. The first-order valence-electron chi connectivity index (χ1n) is 8.07. The number of benzene rings is 1. The summed E-state index contributed by atoms with van der Waals surface area (Å²) in [6.07, 6.45) is 0. The van der Waals surface area contributed by atoms with Crippen molar-refractivity contribution >= 4 is 28.0 Å². The fourth-order valence-electron chi connectivity index (χ4n) is 2.90. The smallest absolute Gasteiger partial charge is 0.272 e. The second-order valence-electron chi connectivity index (χ2n) is 6.01. The van der Waals surface area contributed by atoms with Gasteiger partial charge in [0.15, 0.2) is 0 Å². The molecule has 0 aliphatic carbocycles. The number of nitrogens with zero attached hydrogens (tertiary/aromatic N) is 3. The average molecular weight is 355 g/mol. The summed E-state index contributed by atoms with van der Waals surface area (Å²) < 4.78 is 5.38. The molecule has 2 aromatic heterocycles. The number of thiazole rings is 1. The molecule has 0 N–H and O–H groups in total. The number of pyridine rings is 1. The highest BCUT2D eigenvalue weighted by atomic mass is 32.1. The predicted molar refractivity (Wildman–Crippen MR) is 100 cm³/mol. The maximum atomic E-state index is 13.0. The van der Waals surface area contributed by atoms with E-state index in [-0.39, 0.29) is 11.9 Å². The Morgan fingerprint density at radius 1 is 1.24 bits per heavy atom. The van der Waals surface area contributed by atoms with E-state index in [1.165, 1.54) is 0 Å². The van der Waals surface area contributed by atoms with E-state index in [1.54, 1.807) is 30.4 Å². The summed E-state index contributed by atoms with van der Waals surface area (Å²) >= 11 is 1.62. The van der Waals surface area contributed by atoms with Gasteiger partial charge in [-0.1, -0.05) is 18.2 Å². The van der Waals surface area contributed by atoms with E-state index in [1.807, 2.05) is 51.1 Å². The first-order valence-corrected chi connectivity index (χ1v) is 8.89. The summed E-state index contributed by atoms with van der Waals surface area (Å²) in [7, 11) is 3.36. The molecule has 3 rings (SSSR count). The minimum absolute atomic E-state index is 0.0713. The zero-order valence-electron chi connectivity index (χ0n) is 15.0. The van der Waals surface area contributed by atoms with Gasteiger partial charge >= 0.3 is 0 Å². The van der Waals surface area contributed by atoms with Crippen molar-refractivity contribution in [3.05, 3.63) is 51.6 Å². The van der Waals surface area contributed by atoms with Crippen LogP contribution in [-0.4, -0.2) is 34.9 Å². The van der Waals surface area contributed by atoms with Crippen LogP contribution in [0, 0.1) is 13.8 Å². The molecule has 1 amide bonds. The van der Waals surface area contributed by atoms with Gasteiger partial charge in [-0.15, -0.1) is 11.3 Å². The van der Waals surface area contributed by atoms with Gasteiger partial charge in [0.2, 0.25) is 5.88 Å². The molecule has 0 saturated carbocycles. The van der Waals surface area contributed by atoms with E-state index in [9.17, 15) is 4.79 Å². The monoisotopic (exact) mass is 355 g/mol. The second kappa shape index (κ2) is 6.80. The number of carbonyl (C=O) groups excluding carboxylic acids is 1. The maximum Gasteiger partial charge on any atom is 0.272 e. The molecule has 1 aromatic carbocycles. The van der Waals surface area contributed by atoms with Crippen LogP contribution in [0.2, 0.25) is 0 Å². The molecule has 0 bridgehead atoms. The Morgan fingerprint density at radius 2 is 1.96 bits per heavy atom. The van der Waals surface area contributed by atoms with Crippen molar-refractivity contribution in [3.8, 4) is 5.88 Å². The van der Waals surface area contributed by atoms with E-state index >= 15 is 0 Å². The van der Waals surface area contributed by atoms with Crippen molar-refractivity contribution in [2.75, 3.05) is 14.2 Å². The Hall–Kier alpha value is -2.47. The maximum absolute atomic E-state index is 13.0. The lowest BCUT2D eigenvalue weighted by Gasteiger charge is -2.24. The molecule has 0 spiro atoms. The van der Waals surface area contributed by atoms with E-state index in [4.69, 9.17) is 4.74 Å². The summed E-state index contributed by atoms with van der Waals surface area (Å²) in [4.78, 5) is 24.7. The summed E-state index contributed by atoms with van der Waals surface area (Å²) in [5, 5.41) is 2.83. The highest BCUT2D eigenvalue weighted by Crippen LogP contribution is 2.30. The topological polar surface area (TPSA) is 55.3 Å². The highest BCUT2D eigenvalue weighted by molar-refractivity contribution is 7.11. The Bertz CT molecular complexity index is 936. The molecule has 0 saturated heterocycles. The largest absolute Gasteiger partial charge is 0.481 e. The van der Waals surface area contributed by atoms with Gasteiger partial charge in [-0.05, 0) is 38.3 Å². The number of fused-ring (bicyclic) bond motifs is 1. The average Bonchev–Trinajstić information content (AvgIpc) is 2.96. The lowest BCUT2D eigenvalue weighted by molar-refractivity contribution is 0.0738. The van der Waals surface area contributed by atoms with Gasteiger partial charge in [0.25, 0.3) is 5.91 Å². The molecule has 2 heterocycles. The third-order valence-corrected chi connectivity index (χ3v) is 5.58. The number of hydrogen-bond donors (Lipinski definition) is 0. The number of hydrogen-bond acceptors (Lipinski definition) is 5. The molecule has 1 unspecified atom stereocenters. The lowest BCUT2D eigenvalue weighted by atomic mass is 10.1. The van der Waals surface area contributed by atoms with Crippen LogP contribution in [0.25, 0.3) is 10.8 Å². The van der Waals surface area contributed by atoms with Gasteiger partial charge in [-0.25, -0.2) is 9.97 Å². The molecule has 3 aromatic rings. The van der Waals surface area contributed by atoms with Crippen molar-refractivity contribution in [1.29, 1.82) is 0 Å². The van der Waals surface area contributed by atoms with Crippen LogP contribution in [0.3, 0.4) is 0 Å². The standard InChI is InChI=1S/C19H21N3O2S/c1-11-17(25-13(3)20-11)12(2)22(4)19(23)16-10-14-8-6-7-9-15(14)18(21-16)24-5/h6-10,12H,1-5H3. The van der Waals surface area contributed by atoms with E-state index < -0.39 is 0 Å². The number of ether oxygens (including phenoxy) is 1. The third-order valence-electron chi connectivity index (χ3n) is 4.34. The van der Waals surface area contributed by atoms with Crippen molar-refractivity contribution in [3.63, 3.8) is 0 Å². The Kier molecular flexibility index (Phi) is 4.72. The third kappa shape index (κ3) is 3.22. The Labute approximate surface area is 151 Å². The van der Waals surface area contributed by atoms with Crippen LogP contribution in [0.5, 0.6) is 5.88 Å². The van der Waals surface area contributed by atoms with Crippen molar-refractivity contribution in [1.82, 2.24) is 14.9 Å². The second-order valence-corrected chi connectivity index (χ2v) is 7.25. The van der Waals surface area contributed by atoms with Gasteiger partial charge in [0.1, 0.15) is 5.69 Å². The molecule has 6 heteroatoms. The van der Waals surface area contributed by atoms with Crippen molar-refractivity contribution in [2.24, 2.45) is 0 Å². The van der Waals surface area contributed by atoms with Crippen molar-refractivity contribution in [2.45, 2.75) is 26.8 Å². The molecule has 0 aliphatic heterocycles. The van der Waals surface area contributed by atoms with Crippen LogP contribution < -0.4 is 4.74 Å². The van der Waals surface area contributed by atoms with Gasteiger partial charge in [-0.2, -0.15) is 0 Å². The summed E-state index contributed by atoms with van der Waals surface area (Å²) in [5.74, 6) is 0.328. The summed E-state index contributed by atoms with van der Waals surface area (Å²) in [5.41, 5.74) is 1.35. The lowest BCUT2D eigenvalue weighted by Crippen LogP contribution is -2.30. The zero-order chi connectivity index (χ0) is 18.1. The fraction of sp³-hybridized carbons (Fsp3) is 0.316. The normalized spacial score (nSPS) is 12.2. The van der Waals surface area contributed by atoms with Crippen molar-refractivity contribution < 1.29 is 9.53 Å². The molecular formula is C19H21N3O2S. The first kappa shape index (κ1) is 17.4. The number of rotatable bonds is 4. The Balaban J connectivity index is 1.97. The molecule has 0 fully saturated rings. The van der Waals surface area contributed by atoms with Crippen LogP contribution in [0.4, 0.5) is 0 Å². The van der Waals surface area contributed by atoms with Crippen LogP contribution in [0.15, 0.2) is 30.3 Å². The van der Waals surface area contributed by atoms with Crippen LogP contribution in [0.1, 0.15) is 39.0 Å². The quantitative estimate of drug-likeness (QED) is 0.705. The number of carbonyl (C=O) groups is 1. The summed E-state index contributed by atoms with van der Waals surface area (Å²) in [6, 6.07) is 9.50. The number of amides is 1. The highest BCUT2D eigenvalue weighted by Gasteiger charge is 2.24. The first-order chi connectivity index (χ1) is 11.9. The van der Waals surface area contributed by atoms with E-state index in [2.05, 4.69) is 9.97 Å². The SMILES string of the molecule is COc1nc(C(=O)N(C)C(C)c2sc(C)nc2C)cc2ccccc12. The molecule has 25 heavy (non-hydrogen) atoms. The Morgan fingerprint density at radius 3 is 2.60 bits per heavy atom. The molecular weight excluding hydrogens is 334 g/mol. The summed E-state index contributed by atoms with van der Waals surface area (Å²) in [6.45, 7) is 5.96. The molecule has 5 nitrogen and oxygen atoms in total. The molecule has 0 aliphatic rings. The molecule has 1 atom stereocenters. The molecule has 0 radical (unpaired) electrons. The zero-order valence-corrected chi connectivity index (χ0v) is 15.8. The molecule has 130 valence electrons. The van der Waals surface area contributed by atoms with E-state index in [0.717, 1.165) is 26.4 Å². The number of aromatic nitrogens is 2.